The summed E-state index contributed by atoms with van der Waals surface area (Å²) in [5, 5.41) is 12.5. The van der Waals surface area contributed by atoms with Crippen molar-refractivity contribution in [3.05, 3.63) is 16.4 Å². The Morgan fingerprint density at radius 2 is 2.50 bits per heavy atom. The number of hydrogen-bond donors (Lipinski definition) is 1. The SMILES string of the molecule is Cn1nc(CCC(=O)O)cc1Br. The minimum atomic E-state index is -0.795. The van der Waals surface area contributed by atoms with Crippen LogP contribution in [0.25, 0.3) is 0 Å². The van der Waals surface area contributed by atoms with Crippen LogP contribution >= 0.6 is 15.9 Å². The molecule has 0 fully saturated rings. The molecule has 0 radical (unpaired) electrons. The third-order valence-electron chi connectivity index (χ3n) is 1.47. The van der Waals surface area contributed by atoms with E-state index >= 15 is 0 Å². The smallest absolute Gasteiger partial charge is 0.303 e. The number of aromatic nitrogens is 2. The molecule has 0 unspecified atom stereocenters. The van der Waals surface area contributed by atoms with Gasteiger partial charge in [0.1, 0.15) is 4.60 Å². The Morgan fingerprint density at radius 1 is 1.83 bits per heavy atom. The van der Waals surface area contributed by atoms with E-state index in [0.717, 1.165) is 10.3 Å². The molecule has 1 aromatic rings. The number of carboxylic acids is 1. The molecule has 5 heteroatoms. The summed E-state index contributed by atoms with van der Waals surface area (Å²) in [5.41, 5.74) is 0.798. The zero-order valence-electron chi connectivity index (χ0n) is 6.62. The van der Waals surface area contributed by atoms with Gasteiger partial charge in [-0.3, -0.25) is 9.48 Å². The van der Waals surface area contributed by atoms with E-state index in [1.165, 1.54) is 0 Å². The summed E-state index contributed by atoms with van der Waals surface area (Å²) < 4.78 is 2.53. The van der Waals surface area contributed by atoms with Gasteiger partial charge in [0.15, 0.2) is 0 Å². The lowest BCUT2D eigenvalue weighted by molar-refractivity contribution is -0.136. The van der Waals surface area contributed by atoms with Gasteiger partial charge in [-0.25, -0.2) is 0 Å². The molecule has 0 atom stereocenters. The zero-order chi connectivity index (χ0) is 9.14. The van der Waals surface area contributed by atoms with Crippen molar-refractivity contribution < 1.29 is 9.90 Å². The molecule has 1 heterocycles. The van der Waals surface area contributed by atoms with E-state index in [0.29, 0.717) is 6.42 Å². The van der Waals surface area contributed by atoms with E-state index in [4.69, 9.17) is 5.11 Å². The third-order valence-corrected chi connectivity index (χ3v) is 2.21. The van der Waals surface area contributed by atoms with Gasteiger partial charge in [0, 0.05) is 13.5 Å². The molecule has 0 aromatic carbocycles. The van der Waals surface area contributed by atoms with Gasteiger partial charge < -0.3 is 5.11 Å². The van der Waals surface area contributed by atoms with Gasteiger partial charge in [-0.1, -0.05) is 0 Å². The lowest BCUT2D eigenvalue weighted by Crippen LogP contribution is -1.98. The maximum absolute atomic E-state index is 10.2. The van der Waals surface area contributed by atoms with Gasteiger partial charge in [-0.2, -0.15) is 5.10 Å². The molecule has 1 aromatic heterocycles. The van der Waals surface area contributed by atoms with Gasteiger partial charge in [-0.15, -0.1) is 0 Å². The molecule has 0 aliphatic rings. The molecule has 66 valence electrons. The van der Waals surface area contributed by atoms with Crippen molar-refractivity contribution in [1.29, 1.82) is 0 Å². The largest absolute Gasteiger partial charge is 0.481 e. The fraction of sp³-hybridized carbons (Fsp3) is 0.429. The summed E-state index contributed by atoms with van der Waals surface area (Å²) in [7, 11) is 1.80. The van der Waals surface area contributed by atoms with E-state index in [1.54, 1.807) is 11.7 Å². The summed E-state index contributed by atoms with van der Waals surface area (Å²) in [6.07, 6.45) is 0.609. The fourth-order valence-corrected chi connectivity index (χ4v) is 1.20. The molecule has 0 saturated carbocycles. The van der Waals surface area contributed by atoms with Gasteiger partial charge in [0.25, 0.3) is 0 Å². The Hall–Kier alpha value is -0.840. The van der Waals surface area contributed by atoms with Crippen molar-refractivity contribution in [2.24, 2.45) is 7.05 Å². The molecule has 0 saturated heterocycles. The first-order valence-corrected chi connectivity index (χ1v) is 4.29. The molecule has 0 bridgehead atoms. The Morgan fingerprint density at radius 3 is 2.92 bits per heavy atom. The predicted octanol–water partition coefficient (Wildman–Crippen LogP) is 1.20. The number of hydrogen-bond acceptors (Lipinski definition) is 2. The summed E-state index contributed by atoms with van der Waals surface area (Å²) in [4.78, 5) is 10.2. The number of carbonyl (C=O) groups is 1. The number of aliphatic carboxylic acids is 1. The Labute approximate surface area is 78.3 Å². The van der Waals surface area contributed by atoms with Gasteiger partial charge in [0.05, 0.1) is 12.1 Å². The lowest BCUT2D eigenvalue weighted by Gasteiger charge is -1.90. The molecule has 0 spiro atoms. The Bertz CT molecular complexity index is 276. The second-order valence-corrected chi connectivity index (χ2v) is 3.29. The second kappa shape index (κ2) is 3.71. The van der Waals surface area contributed by atoms with E-state index < -0.39 is 5.97 Å². The summed E-state index contributed by atoms with van der Waals surface area (Å²) in [6, 6.07) is 1.82. The predicted molar refractivity (Wildman–Crippen MR) is 46.9 cm³/mol. The van der Waals surface area contributed by atoms with Crippen molar-refractivity contribution >= 4 is 21.9 Å². The Balaban J connectivity index is 2.58. The van der Waals surface area contributed by atoms with Crippen LogP contribution in [0, 0.1) is 0 Å². The number of halogens is 1. The fourth-order valence-electron chi connectivity index (χ4n) is 0.857. The van der Waals surface area contributed by atoms with Crippen LogP contribution < -0.4 is 0 Å². The maximum Gasteiger partial charge on any atom is 0.303 e. The number of nitrogens with zero attached hydrogens (tertiary/aromatic N) is 2. The molecule has 0 amide bonds. The highest BCUT2D eigenvalue weighted by molar-refractivity contribution is 9.10. The van der Waals surface area contributed by atoms with Crippen LogP contribution in [0.15, 0.2) is 10.7 Å². The quantitative estimate of drug-likeness (QED) is 0.853. The number of carboxylic acid groups (broad SMARTS) is 1. The molecular weight excluding hydrogens is 224 g/mol. The van der Waals surface area contributed by atoms with Crippen LogP contribution in [0.1, 0.15) is 12.1 Å². The molecule has 4 nitrogen and oxygen atoms in total. The van der Waals surface area contributed by atoms with Gasteiger partial charge >= 0.3 is 5.97 Å². The van der Waals surface area contributed by atoms with Crippen LogP contribution in [0.5, 0.6) is 0 Å². The van der Waals surface area contributed by atoms with Crippen LogP contribution in [0.2, 0.25) is 0 Å². The standard InChI is InChI=1S/C7H9BrN2O2/c1-10-6(8)4-5(9-10)2-3-7(11)12/h4H,2-3H2,1H3,(H,11,12). The molecule has 1 N–H and O–H groups in total. The molecule has 0 aliphatic carbocycles. The van der Waals surface area contributed by atoms with Gasteiger partial charge in [0.2, 0.25) is 0 Å². The third kappa shape index (κ3) is 2.34. The molecule has 12 heavy (non-hydrogen) atoms. The van der Waals surface area contributed by atoms with Crippen molar-refractivity contribution in [3.63, 3.8) is 0 Å². The molecular formula is C7H9BrN2O2. The minimum Gasteiger partial charge on any atom is -0.481 e. The van der Waals surface area contributed by atoms with Crippen molar-refractivity contribution in [2.45, 2.75) is 12.8 Å². The van der Waals surface area contributed by atoms with E-state index in [9.17, 15) is 4.79 Å². The van der Waals surface area contributed by atoms with E-state index in [-0.39, 0.29) is 6.42 Å². The van der Waals surface area contributed by atoms with Crippen molar-refractivity contribution in [1.82, 2.24) is 9.78 Å². The van der Waals surface area contributed by atoms with Crippen molar-refractivity contribution in [3.8, 4) is 0 Å². The molecule has 0 aliphatic heterocycles. The van der Waals surface area contributed by atoms with Crippen LogP contribution in [-0.4, -0.2) is 20.9 Å². The summed E-state index contributed by atoms with van der Waals surface area (Å²) in [5.74, 6) is -0.795. The zero-order valence-corrected chi connectivity index (χ0v) is 8.21. The number of rotatable bonds is 3. The topological polar surface area (TPSA) is 55.1 Å². The van der Waals surface area contributed by atoms with E-state index in [2.05, 4.69) is 21.0 Å². The van der Waals surface area contributed by atoms with Crippen LogP contribution in [0.4, 0.5) is 0 Å². The molecule has 1 rings (SSSR count). The minimum absolute atomic E-state index is 0.128. The maximum atomic E-state index is 10.2. The van der Waals surface area contributed by atoms with Crippen LogP contribution in [0.3, 0.4) is 0 Å². The van der Waals surface area contributed by atoms with Crippen molar-refractivity contribution in [2.75, 3.05) is 0 Å². The highest BCUT2D eigenvalue weighted by Gasteiger charge is 2.04. The first kappa shape index (κ1) is 9.25. The van der Waals surface area contributed by atoms with E-state index in [1.807, 2.05) is 6.07 Å². The van der Waals surface area contributed by atoms with Crippen LogP contribution in [-0.2, 0) is 18.3 Å². The second-order valence-electron chi connectivity index (χ2n) is 2.48. The monoisotopic (exact) mass is 232 g/mol. The highest BCUT2D eigenvalue weighted by atomic mass is 79.9. The highest BCUT2D eigenvalue weighted by Crippen LogP contribution is 2.11. The first-order chi connectivity index (χ1) is 5.59. The Kier molecular flexibility index (Phi) is 2.86. The first-order valence-electron chi connectivity index (χ1n) is 3.50. The number of aryl methyl sites for hydroxylation is 2. The summed E-state index contributed by atoms with van der Waals surface area (Å²) in [6.45, 7) is 0. The summed E-state index contributed by atoms with van der Waals surface area (Å²) >= 11 is 3.28. The normalized spacial score (nSPS) is 10.2. The average molecular weight is 233 g/mol. The average Bonchev–Trinajstić information content (AvgIpc) is 2.28. The lowest BCUT2D eigenvalue weighted by atomic mass is 10.2. The van der Waals surface area contributed by atoms with Gasteiger partial charge in [-0.05, 0) is 22.0 Å².